The van der Waals surface area contributed by atoms with E-state index in [1.54, 1.807) is 30.2 Å². The number of amides is 4. The maximum atomic E-state index is 14.2. The standard InChI is InChI=1S/C50H60N4O7Si/c1-35(61-62(50(2,3)4,39-21-12-7-13-22-39)40-23-14-8-15-24-40)45(55)27-17-9-16-25-41-46(56)52-42(33-37-28-30-38(60-5)31-29-37)47(57)53-43(34-36-19-10-6-11-20-36)49(59)54-32-18-26-44(54)48(58)51-41/h6-15,17,19-24,28-31,35,41-44H,16,18,25-27,32-34H2,1-5H3,(H,51,58)(H,52,56)(H,53,57)/t35-,41+,42-,43+,44-/m1/s1. The van der Waals surface area contributed by atoms with Crippen LogP contribution in [0.1, 0.15) is 70.9 Å². The van der Waals surface area contributed by atoms with Gasteiger partial charge in [-0.3, -0.25) is 24.0 Å². The molecule has 4 amide bonds. The molecule has 2 aliphatic rings. The Kier molecular flexibility index (Phi) is 15.3. The van der Waals surface area contributed by atoms with Crippen LogP contribution in [0.2, 0.25) is 5.04 Å². The van der Waals surface area contributed by atoms with Gasteiger partial charge in [-0.25, -0.2) is 0 Å². The summed E-state index contributed by atoms with van der Waals surface area (Å²) in [5.41, 5.74) is 1.62. The van der Waals surface area contributed by atoms with Crippen LogP contribution in [0, 0.1) is 0 Å². The summed E-state index contributed by atoms with van der Waals surface area (Å²) in [7, 11) is -1.39. The summed E-state index contributed by atoms with van der Waals surface area (Å²) < 4.78 is 12.3. The number of hydrogen-bond acceptors (Lipinski definition) is 7. The molecular weight excluding hydrogens is 797 g/mol. The molecule has 3 N–H and O–H groups in total. The van der Waals surface area contributed by atoms with Gasteiger partial charge in [0.1, 0.15) is 36.0 Å². The number of methoxy groups -OCH3 is 1. The molecule has 4 aromatic carbocycles. The van der Waals surface area contributed by atoms with Crippen LogP contribution in [0.4, 0.5) is 0 Å². The van der Waals surface area contributed by atoms with E-state index in [4.69, 9.17) is 9.16 Å². The number of benzene rings is 4. The molecule has 0 saturated carbocycles. The van der Waals surface area contributed by atoms with E-state index < -0.39 is 56.3 Å². The number of hydrogen-bond donors (Lipinski definition) is 3. The zero-order valence-corrected chi connectivity index (χ0v) is 37.5. The first kappa shape index (κ1) is 45.7. The lowest BCUT2D eigenvalue weighted by atomic mass is 10.00. The Labute approximate surface area is 366 Å². The first-order valence-electron chi connectivity index (χ1n) is 21.7. The second-order valence-electron chi connectivity index (χ2n) is 17.3. The molecular formula is C50H60N4O7Si. The molecule has 0 radical (unpaired) electrons. The number of Topliss-reactive ketones (excluding diaryl/α,β-unsaturated/α-hetero) is 1. The third-order valence-electron chi connectivity index (χ3n) is 11.9. The number of carbonyl (C=O) groups is 5. The van der Waals surface area contributed by atoms with Gasteiger partial charge in [0.05, 0.1) is 7.11 Å². The summed E-state index contributed by atoms with van der Waals surface area (Å²) in [5.74, 6) is -1.20. The average molecular weight is 857 g/mol. The van der Waals surface area contributed by atoms with Crippen molar-refractivity contribution >= 4 is 48.1 Å². The van der Waals surface area contributed by atoms with Crippen molar-refractivity contribution in [2.45, 2.75) is 108 Å². The lowest BCUT2D eigenvalue weighted by molar-refractivity contribution is -0.143. The normalized spacial score (nSPS) is 20.6. The molecule has 0 spiro atoms. The summed E-state index contributed by atoms with van der Waals surface area (Å²) in [4.78, 5) is 71.8. The molecule has 2 saturated heterocycles. The highest BCUT2D eigenvalue weighted by Gasteiger charge is 2.51. The van der Waals surface area contributed by atoms with Crippen LogP contribution in [0.25, 0.3) is 0 Å². The van der Waals surface area contributed by atoms with Gasteiger partial charge in [0.15, 0.2) is 5.78 Å². The predicted molar refractivity (Wildman–Crippen MR) is 244 cm³/mol. The fourth-order valence-electron chi connectivity index (χ4n) is 8.61. The Hall–Kier alpha value is -5.85. The Morgan fingerprint density at radius 3 is 1.85 bits per heavy atom. The highest BCUT2D eigenvalue weighted by atomic mass is 28.4. The summed E-state index contributed by atoms with van der Waals surface area (Å²) in [6, 6.07) is 33.2. The van der Waals surface area contributed by atoms with E-state index in [9.17, 15) is 24.0 Å². The van der Waals surface area contributed by atoms with Gasteiger partial charge in [0.2, 0.25) is 23.6 Å². The maximum absolute atomic E-state index is 14.2. The summed E-state index contributed by atoms with van der Waals surface area (Å²) >= 11 is 0. The van der Waals surface area contributed by atoms with Gasteiger partial charge in [-0.2, -0.15) is 0 Å². The van der Waals surface area contributed by atoms with E-state index in [-0.39, 0.29) is 42.4 Å². The molecule has 2 heterocycles. The van der Waals surface area contributed by atoms with Crippen molar-refractivity contribution in [3.8, 4) is 5.75 Å². The maximum Gasteiger partial charge on any atom is 0.262 e. The van der Waals surface area contributed by atoms with Gasteiger partial charge in [0, 0.05) is 25.8 Å². The first-order chi connectivity index (χ1) is 29.8. The molecule has 11 nitrogen and oxygen atoms in total. The molecule has 5 atom stereocenters. The highest BCUT2D eigenvalue weighted by molar-refractivity contribution is 6.99. The molecule has 2 fully saturated rings. The fraction of sp³-hybridized carbons (Fsp3) is 0.380. The second kappa shape index (κ2) is 20.8. The van der Waals surface area contributed by atoms with Crippen molar-refractivity contribution in [2.24, 2.45) is 0 Å². The van der Waals surface area contributed by atoms with E-state index in [0.717, 1.165) is 21.5 Å². The minimum absolute atomic E-state index is 0.0739. The number of rotatable bonds is 15. The second-order valence-corrected chi connectivity index (χ2v) is 21.5. The first-order valence-corrected chi connectivity index (χ1v) is 23.6. The minimum Gasteiger partial charge on any atom is -0.497 e. The van der Waals surface area contributed by atoms with Crippen LogP contribution in [0.3, 0.4) is 0 Å². The number of fused-ring (bicyclic) bond motifs is 1. The Morgan fingerprint density at radius 1 is 0.726 bits per heavy atom. The van der Waals surface area contributed by atoms with Crippen molar-refractivity contribution in [3.63, 3.8) is 0 Å². The van der Waals surface area contributed by atoms with Crippen LogP contribution in [0.15, 0.2) is 127 Å². The lowest BCUT2D eigenvalue weighted by Crippen LogP contribution is -2.68. The summed E-state index contributed by atoms with van der Waals surface area (Å²) in [6.45, 7) is 8.70. The van der Waals surface area contributed by atoms with Gasteiger partial charge in [-0.05, 0) is 71.3 Å². The van der Waals surface area contributed by atoms with E-state index >= 15 is 0 Å². The number of carbonyl (C=O) groups excluding carboxylic acids is 5. The molecule has 0 bridgehead atoms. The zero-order chi connectivity index (χ0) is 44.3. The number of ether oxygens (including phenoxy) is 1. The van der Waals surface area contributed by atoms with Crippen molar-refractivity contribution < 1.29 is 33.1 Å². The van der Waals surface area contributed by atoms with Gasteiger partial charge in [-0.15, -0.1) is 0 Å². The molecule has 2 aliphatic heterocycles. The van der Waals surface area contributed by atoms with E-state index in [1.807, 2.05) is 91.9 Å². The molecule has 326 valence electrons. The van der Waals surface area contributed by atoms with Gasteiger partial charge in [0.25, 0.3) is 8.32 Å². The lowest BCUT2D eigenvalue weighted by Gasteiger charge is -2.44. The average Bonchev–Trinajstić information content (AvgIpc) is 3.78. The van der Waals surface area contributed by atoms with Crippen molar-refractivity contribution in [2.75, 3.05) is 13.7 Å². The SMILES string of the molecule is COc1ccc(C[C@H]2NC(=O)[C@H](CCC=CCC(=O)[C@@H](C)O[Si](c3ccccc3)(c3ccccc3)C(C)(C)C)NC(=O)[C@H]3CCCN3C(=O)[C@H](Cc3ccccc3)NC2=O)cc1. The van der Waals surface area contributed by atoms with Gasteiger partial charge in [-0.1, -0.05) is 136 Å². The van der Waals surface area contributed by atoms with Crippen LogP contribution >= 0.6 is 0 Å². The largest absolute Gasteiger partial charge is 0.497 e. The molecule has 0 aliphatic carbocycles. The Morgan fingerprint density at radius 2 is 1.26 bits per heavy atom. The number of nitrogens with zero attached hydrogens (tertiary/aromatic N) is 1. The monoisotopic (exact) mass is 856 g/mol. The van der Waals surface area contributed by atoms with Gasteiger partial charge >= 0.3 is 0 Å². The Bertz CT molecular complexity index is 2140. The number of ketones is 1. The third kappa shape index (κ3) is 11.0. The molecule has 0 aromatic heterocycles. The van der Waals surface area contributed by atoms with Gasteiger partial charge < -0.3 is 30.0 Å². The van der Waals surface area contributed by atoms with E-state index in [0.29, 0.717) is 31.6 Å². The van der Waals surface area contributed by atoms with Crippen LogP contribution in [0.5, 0.6) is 5.75 Å². The minimum atomic E-state index is -2.95. The Balaban J connectivity index is 1.18. The van der Waals surface area contributed by atoms with Crippen molar-refractivity contribution in [1.82, 2.24) is 20.9 Å². The smallest absolute Gasteiger partial charge is 0.262 e. The summed E-state index contributed by atoms with van der Waals surface area (Å²) in [5, 5.41) is 10.7. The van der Waals surface area contributed by atoms with Crippen molar-refractivity contribution in [3.05, 3.63) is 139 Å². The molecule has 6 rings (SSSR count). The molecule has 62 heavy (non-hydrogen) atoms. The topological polar surface area (TPSA) is 143 Å². The fourth-order valence-corrected chi connectivity index (χ4v) is 13.3. The number of nitrogens with one attached hydrogen (secondary N) is 3. The summed E-state index contributed by atoms with van der Waals surface area (Å²) in [6.07, 6.45) is 5.02. The van der Waals surface area contributed by atoms with Crippen LogP contribution in [-0.4, -0.2) is 86.6 Å². The van der Waals surface area contributed by atoms with E-state index in [1.165, 1.54) is 0 Å². The highest BCUT2D eigenvalue weighted by Crippen LogP contribution is 2.37. The van der Waals surface area contributed by atoms with Crippen LogP contribution < -0.4 is 31.1 Å². The third-order valence-corrected chi connectivity index (χ3v) is 17.0. The number of allylic oxidation sites excluding steroid dienone is 2. The van der Waals surface area contributed by atoms with Crippen molar-refractivity contribution in [1.29, 1.82) is 0 Å². The van der Waals surface area contributed by atoms with E-state index in [2.05, 4.69) is 61.0 Å². The predicted octanol–water partition coefficient (Wildman–Crippen LogP) is 5.20. The molecule has 12 heteroatoms. The molecule has 4 aromatic rings. The molecule has 0 unspecified atom stereocenters. The quantitative estimate of drug-likeness (QED) is 0.110. The van der Waals surface area contributed by atoms with Crippen LogP contribution in [-0.2, 0) is 41.2 Å². The zero-order valence-electron chi connectivity index (χ0n) is 36.5.